The number of nitrogens with zero attached hydrogens (tertiary/aromatic N) is 2. The zero-order valence-corrected chi connectivity index (χ0v) is 10.7. The van der Waals surface area contributed by atoms with E-state index in [1.165, 1.54) is 6.07 Å². The van der Waals surface area contributed by atoms with Gasteiger partial charge in [-0.3, -0.25) is 9.59 Å². The third-order valence-electron chi connectivity index (χ3n) is 2.83. The van der Waals surface area contributed by atoms with Crippen molar-refractivity contribution in [3.8, 4) is 0 Å². The topological polar surface area (TPSA) is 79.8 Å². The molecule has 0 aliphatic carbocycles. The number of pyridine rings is 1. The first-order valence-electron chi connectivity index (χ1n) is 6.15. The van der Waals surface area contributed by atoms with Gasteiger partial charge in [-0.1, -0.05) is 13.0 Å². The maximum atomic E-state index is 12.0. The number of imidazole rings is 1. The van der Waals surface area contributed by atoms with Gasteiger partial charge in [0.05, 0.1) is 6.33 Å². The van der Waals surface area contributed by atoms with E-state index in [1.807, 2.05) is 17.7 Å². The summed E-state index contributed by atoms with van der Waals surface area (Å²) in [6.07, 6.45) is 6.04. The maximum absolute atomic E-state index is 12.0. The van der Waals surface area contributed by atoms with Gasteiger partial charge in [0.15, 0.2) is 0 Å². The van der Waals surface area contributed by atoms with E-state index >= 15 is 0 Å². The van der Waals surface area contributed by atoms with Gasteiger partial charge in [0.25, 0.3) is 5.91 Å². The standard InChI is InChI=1S/C13H16N4O2/c1-2-10(8-17-7-6-14-9-17)15-13(19)11-4-3-5-12(18)16-11/h3-7,9-10H,2,8H2,1H3,(H,15,19)(H,16,18). The van der Waals surface area contributed by atoms with E-state index in [4.69, 9.17) is 0 Å². The number of aromatic nitrogens is 3. The van der Waals surface area contributed by atoms with Crippen molar-refractivity contribution in [1.29, 1.82) is 0 Å². The molecule has 2 rings (SSSR count). The summed E-state index contributed by atoms with van der Waals surface area (Å²) < 4.78 is 1.90. The number of carbonyl (C=O) groups excluding carboxylic acids is 1. The molecule has 0 aliphatic rings. The molecule has 1 amide bonds. The van der Waals surface area contributed by atoms with Crippen LogP contribution in [0.4, 0.5) is 0 Å². The Morgan fingerprint density at radius 3 is 3.00 bits per heavy atom. The van der Waals surface area contributed by atoms with Gasteiger partial charge in [-0.25, -0.2) is 4.98 Å². The average Bonchev–Trinajstić information content (AvgIpc) is 2.90. The summed E-state index contributed by atoms with van der Waals surface area (Å²) in [5.41, 5.74) is -0.00751. The van der Waals surface area contributed by atoms with E-state index in [1.54, 1.807) is 24.7 Å². The van der Waals surface area contributed by atoms with E-state index < -0.39 is 0 Å². The second-order valence-corrected chi connectivity index (χ2v) is 4.27. The Morgan fingerprint density at radius 2 is 2.37 bits per heavy atom. The number of aromatic amines is 1. The van der Waals surface area contributed by atoms with Gasteiger partial charge < -0.3 is 14.9 Å². The predicted octanol–water partition coefficient (Wildman–Crippen LogP) is 0.780. The van der Waals surface area contributed by atoms with Crippen LogP contribution >= 0.6 is 0 Å². The maximum Gasteiger partial charge on any atom is 0.268 e. The fraction of sp³-hybridized carbons (Fsp3) is 0.308. The minimum absolute atomic E-state index is 0.00888. The van der Waals surface area contributed by atoms with Gasteiger partial charge in [-0.05, 0) is 12.5 Å². The van der Waals surface area contributed by atoms with Crippen molar-refractivity contribution in [3.05, 3.63) is 53.0 Å². The minimum atomic E-state index is -0.282. The molecule has 6 nitrogen and oxygen atoms in total. The van der Waals surface area contributed by atoms with Crippen LogP contribution in [-0.4, -0.2) is 26.5 Å². The smallest absolute Gasteiger partial charge is 0.268 e. The van der Waals surface area contributed by atoms with E-state index in [9.17, 15) is 9.59 Å². The highest BCUT2D eigenvalue weighted by Crippen LogP contribution is 1.99. The molecule has 2 aromatic rings. The summed E-state index contributed by atoms with van der Waals surface area (Å²) in [5, 5.41) is 2.89. The van der Waals surface area contributed by atoms with Crippen LogP contribution in [0, 0.1) is 0 Å². The molecule has 0 radical (unpaired) electrons. The van der Waals surface area contributed by atoms with Crippen LogP contribution in [0.3, 0.4) is 0 Å². The van der Waals surface area contributed by atoms with Crippen LogP contribution in [0.5, 0.6) is 0 Å². The molecule has 2 heterocycles. The first-order chi connectivity index (χ1) is 9.19. The van der Waals surface area contributed by atoms with E-state index in [2.05, 4.69) is 15.3 Å². The lowest BCUT2D eigenvalue weighted by molar-refractivity contribution is 0.0926. The molecule has 0 saturated carbocycles. The molecule has 1 unspecified atom stereocenters. The summed E-state index contributed by atoms with van der Waals surface area (Å²) in [4.78, 5) is 29.6. The second kappa shape index (κ2) is 5.99. The Kier molecular flexibility index (Phi) is 4.12. The molecule has 2 aromatic heterocycles. The average molecular weight is 260 g/mol. The molecule has 2 N–H and O–H groups in total. The summed E-state index contributed by atoms with van der Waals surface area (Å²) in [7, 11) is 0. The van der Waals surface area contributed by atoms with Gasteiger partial charge in [-0.2, -0.15) is 0 Å². The summed E-state index contributed by atoms with van der Waals surface area (Å²) >= 11 is 0. The van der Waals surface area contributed by atoms with E-state index in [-0.39, 0.29) is 23.2 Å². The number of hydrogen-bond acceptors (Lipinski definition) is 3. The highest BCUT2D eigenvalue weighted by atomic mass is 16.2. The molecule has 0 fully saturated rings. The van der Waals surface area contributed by atoms with Crippen molar-refractivity contribution in [1.82, 2.24) is 19.9 Å². The van der Waals surface area contributed by atoms with Gasteiger partial charge in [0.1, 0.15) is 5.69 Å². The SMILES string of the molecule is CCC(Cn1ccnc1)NC(=O)c1cccc(=O)[nH]1. The van der Waals surface area contributed by atoms with E-state index in [0.717, 1.165) is 6.42 Å². The van der Waals surface area contributed by atoms with Crippen LogP contribution in [0.2, 0.25) is 0 Å². The molecule has 0 aromatic carbocycles. The van der Waals surface area contributed by atoms with Gasteiger partial charge in [0.2, 0.25) is 5.56 Å². The Labute approximate surface area is 110 Å². The zero-order chi connectivity index (χ0) is 13.7. The summed E-state index contributed by atoms with van der Waals surface area (Å²) in [6, 6.07) is 4.51. The monoisotopic (exact) mass is 260 g/mol. The number of amides is 1. The zero-order valence-electron chi connectivity index (χ0n) is 10.7. The van der Waals surface area contributed by atoms with Crippen LogP contribution in [0.15, 0.2) is 41.7 Å². The van der Waals surface area contributed by atoms with Crippen molar-refractivity contribution in [2.75, 3.05) is 0 Å². The van der Waals surface area contributed by atoms with Crippen LogP contribution in [0.25, 0.3) is 0 Å². The number of rotatable bonds is 5. The highest BCUT2D eigenvalue weighted by Gasteiger charge is 2.13. The predicted molar refractivity (Wildman–Crippen MR) is 70.8 cm³/mol. The van der Waals surface area contributed by atoms with Crippen molar-refractivity contribution >= 4 is 5.91 Å². The largest absolute Gasteiger partial charge is 0.346 e. The molecule has 1 atom stereocenters. The van der Waals surface area contributed by atoms with Crippen LogP contribution in [-0.2, 0) is 6.54 Å². The number of nitrogens with one attached hydrogen (secondary N) is 2. The Balaban J connectivity index is 2.02. The summed E-state index contributed by atoms with van der Waals surface area (Å²) in [6.45, 7) is 2.65. The quantitative estimate of drug-likeness (QED) is 0.833. The fourth-order valence-corrected chi connectivity index (χ4v) is 1.77. The van der Waals surface area contributed by atoms with Gasteiger partial charge in [0, 0.05) is 31.0 Å². The third kappa shape index (κ3) is 3.54. The molecule has 0 spiro atoms. The molecular weight excluding hydrogens is 244 g/mol. The van der Waals surface area contributed by atoms with Crippen molar-refractivity contribution in [2.45, 2.75) is 25.9 Å². The highest BCUT2D eigenvalue weighted by molar-refractivity contribution is 5.92. The second-order valence-electron chi connectivity index (χ2n) is 4.27. The molecular formula is C13H16N4O2. The lowest BCUT2D eigenvalue weighted by Crippen LogP contribution is -2.38. The molecule has 0 bridgehead atoms. The van der Waals surface area contributed by atoms with Crippen molar-refractivity contribution < 1.29 is 4.79 Å². The van der Waals surface area contributed by atoms with Gasteiger partial charge in [-0.15, -0.1) is 0 Å². The fourth-order valence-electron chi connectivity index (χ4n) is 1.77. The molecule has 0 saturated heterocycles. The number of H-pyrrole nitrogens is 1. The van der Waals surface area contributed by atoms with Crippen molar-refractivity contribution in [2.24, 2.45) is 0 Å². The number of carbonyl (C=O) groups is 1. The Morgan fingerprint density at radius 1 is 1.53 bits per heavy atom. The first kappa shape index (κ1) is 13.1. The van der Waals surface area contributed by atoms with Crippen molar-refractivity contribution in [3.63, 3.8) is 0 Å². The Bertz CT molecular complexity index is 589. The lowest BCUT2D eigenvalue weighted by Gasteiger charge is -2.17. The third-order valence-corrected chi connectivity index (χ3v) is 2.83. The molecule has 0 aliphatic heterocycles. The van der Waals surface area contributed by atoms with Gasteiger partial charge >= 0.3 is 0 Å². The van der Waals surface area contributed by atoms with E-state index in [0.29, 0.717) is 6.54 Å². The molecule has 19 heavy (non-hydrogen) atoms. The minimum Gasteiger partial charge on any atom is -0.346 e. The normalized spacial score (nSPS) is 12.1. The lowest BCUT2D eigenvalue weighted by atomic mass is 10.2. The van der Waals surface area contributed by atoms with Crippen LogP contribution < -0.4 is 10.9 Å². The Hall–Kier alpha value is -2.37. The molecule has 6 heteroatoms. The summed E-state index contributed by atoms with van der Waals surface area (Å²) in [5.74, 6) is -0.273. The van der Waals surface area contributed by atoms with Crippen LogP contribution in [0.1, 0.15) is 23.8 Å². The number of hydrogen-bond donors (Lipinski definition) is 2. The molecule has 100 valence electrons. The first-order valence-corrected chi connectivity index (χ1v) is 6.15.